The summed E-state index contributed by atoms with van der Waals surface area (Å²) >= 11 is 1.72. The number of nitrogens with one attached hydrogen (secondary N) is 1. The molecule has 2 aromatic rings. The Bertz CT molecular complexity index is 906. The molecular formula is C23H31N5O2S. The van der Waals surface area contributed by atoms with Gasteiger partial charge < -0.3 is 15.1 Å². The predicted molar refractivity (Wildman–Crippen MR) is 122 cm³/mol. The third-order valence-electron chi connectivity index (χ3n) is 6.12. The first kappa shape index (κ1) is 21.7. The number of carbonyl (C=O) groups is 2. The van der Waals surface area contributed by atoms with Crippen molar-refractivity contribution in [1.82, 2.24) is 20.2 Å². The number of carbonyl (C=O) groups excluding carboxylic acids is 2. The minimum atomic E-state index is 0.0266. The molecule has 1 saturated heterocycles. The number of piperazine rings is 1. The van der Waals surface area contributed by atoms with Gasteiger partial charge in [-0.2, -0.15) is 0 Å². The van der Waals surface area contributed by atoms with Crippen molar-refractivity contribution >= 4 is 28.3 Å². The maximum atomic E-state index is 12.7. The number of aryl methyl sites for hydroxylation is 1. The van der Waals surface area contributed by atoms with Crippen LogP contribution in [0.25, 0.3) is 0 Å². The first-order valence-electron chi connectivity index (χ1n) is 11.2. The van der Waals surface area contributed by atoms with Gasteiger partial charge in [0.25, 0.3) is 0 Å². The maximum absolute atomic E-state index is 12.7. The molecule has 2 amide bonds. The number of amides is 2. The first-order valence-corrected chi connectivity index (χ1v) is 12.0. The van der Waals surface area contributed by atoms with Gasteiger partial charge in [0, 0.05) is 61.8 Å². The molecule has 1 atom stereocenters. The van der Waals surface area contributed by atoms with Crippen LogP contribution >= 0.6 is 11.3 Å². The van der Waals surface area contributed by atoms with Crippen molar-refractivity contribution in [3.63, 3.8) is 0 Å². The summed E-state index contributed by atoms with van der Waals surface area (Å²) in [4.78, 5) is 39.3. The van der Waals surface area contributed by atoms with Gasteiger partial charge in [0.1, 0.15) is 0 Å². The van der Waals surface area contributed by atoms with E-state index in [-0.39, 0.29) is 23.7 Å². The molecule has 1 fully saturated rings. The van der Waals surface area contributed by atoms with Crippen LogP contribution in [0.4, 0.5) is 5.13 Å². The number of rotatable bonds is 6. The minimum absolute atomic E-state index is 0.0266. The maximum Gasteiger partial charge on any atom is 0.225 e. The van der Waals surface area contributed by atoms with Crippen LogP contribution < -0.4 is 10.2 Å². The van der Waals surface area contributed by atoms with Crippen molar-refractivity contribution < 1.29 is 9.59 Å². The molecule has 0 spiro atoms. The fraction of sp³-hybridized carbons (Fsp3) is 0.565. The molecule has 1 N–H and O–H groups in total. The van der Waals surface area contributed by atoms with E-state index >= 15 is 0 Å². The molecule has 31 heavy (non-hydrogen) atoms. The van der Waals surface area contributed by atoms with Crippen LogP contribution in [0, 0.1) is 11.8 Å². The van der Waals surface area contributed by atoms with E-state index in [9.17, 15) is 9.59 Å². The van der Waals surface area contributed by atoms with Crippen LogP contribution in [0.1, 0.15) is 36.4 Å². The number of fused-ring (bicyclic) bond motifs is 1. The lowest BCUT2D eigenvalue weighted by atomic mass is 9.90. The first-order chi connectivity index (χ1) is 15.0. The van der Waals surface area contributed by atoms with Crippen LogP contribution in [0.2, 0.25) is 0 Å². The summed E-state index contributed by atoms with van der Waals surface area (Å²) in [5.74, 6) is 0.455. The van der Waals surface area contributed by atoms with E-state index < -0.39 is 0 Å². The van der Waals surface area contributed by atoms with Crippen LogP contribution in [0.5, 0.6) is 0 Å². The Labute approximate surface area is 187 Å². The van der Waals surface area contributed by atoms with Crippen molar-refractivity contribution in [2.45, 2.75) is 39.5 Å². The fourth-order valence-corrected chi connectivity index (χ4v) is 5.47. The van der Waals surface area contributed by atoms with Crippen molar-refractivity contribution in [3.05, 3.63) is 40.7 Å². The Kier molecular flexibility index (Phi) is 6.85. The Morgan fingerprint density at radius 2 is 1.94 bits per heavy atom. The summed E-state index contributed by atoms with van der Waals surface area (Å²) in [5.41, 5.74) is 2.34. The molecule has 0 aromatic carbocycles. The highest BCUT2D eigenvalue weighted by atomic mass is 32.1. The second kappa shape index (κ2) is 9.77. The van der Waals surface area contributed by atoms with Gasteiger partial charge in [-0.05, 0) is 43.4 Å². The second-order valence-corrected chi connectivity index (χ2v) is 9.73. The zero-order chi connectivity index (χ0) is 21.8. The molecule has 0 saturated carbocycles. The lowest BCUT2D eigenvalue weighted by molar-refractivity contribution is -0.134. The molecule has 8 heteroatoms. The van der Waals surface area contributed by atoms with Gasteiger partial charge in [-0.1, -0.05) is 13.8 Å². The van der Waals surface area contributed by atoms with Crippen molar-refractivity contribution in [2.75, 3.05) is 37.6 Å². The Morgan fingerprint density at radius 1 is 1.19 bits per heavy atom. The van der Waals surface area contributed by atoms with Gasteiger partial charge in [-0.15, -0.1) is 11.3 Å². The molecule has 0 unspecified atom stereocenters. The lowest BCUT2D eigenvalue weighted by Gasteiger charge is -2.35. The molecule has 7 nitrogen and oxygen atoms in total. The van der Waals surface area contributed by atoms with E-state index in [0.29, 0.717) is 6.54 Å². The SMILES string of the molecule is CC(C)C(=O)N1CCN(c2nc3c(s2)C[C@@H](C(=O)NCCc2ccncc2)CC3)CC1. The van der Waals surface area contributed by atoms with E-state index in [1.807, 2.05) is 30.9 Å². The Morgan fingerprint density at radius 3 is 2.65 bits per heavy atom. The molecule has 3 heterocycles. The predicted octanol–water partition coefficient (Wildman–Crippen LogP) is 2.31. The molecule has 2 aliphatic rings. The number of anilines is 1. The van der Waals surface area contributed by atoms with Gasteiger partial charge >= 0.3 is 0 Å². The molecule has 1 aliphatic heterocycles. The summed E-state index contributed by atoms with van der Waals surface area (Å²) in [6.07, 6.45) is 6.88. The highest BCUT2D eigenvalue weighted by Crippen LogP contribution is 2.34. The van der Waals surface area contributed by atoms with Crippen molar-refractivity contribution in [2.24, 2.45) is 11.8 Å². The fourth-order valence-electron chi connectivity index (χ4n) is 4.23. The number of nitrogens with zero attached hydrogens (tertiary/aromatic N) is 4. The van der Waals surface area contributed by atoms with Crippen LogP contribution in [-0.2, 0) is 28.9 Å². The van der Waals surface area contributed by atoms with Gasteiger partial charge in [-0.3, -0.25) is 14.6 Å². The highest BCUT2D eigenvalue weighted by Gasteiger charge is 2.30. The topological polar surface area (TPSA) is 78.4 Å². The third kappa shape index (κ3) is 5.23. The molecule has 0 bridgehead atoms. The lowest BCUT2D eigenvalue weighted by Crippen LogP contribution is -2.49. The van der Waals surface area contributed by atoms with Crippen LogP contribution in [0.15, 0.2) is 24.5 Å². The number of thiazole rings is 1. The Balaban J connectivity index is 1.28. The molecule has 2 aromatic heterocycles. The van der Waals surface area contributed by atoms with E-state index in [1.54, 1.807) is 23.7 Å². The van der Waals surface area contributed by atoms with Gasteiger partial charge in [-0.25, -0.2) is 4.98 Å². The smallest absolute Gasteiger partial charge is 0.225 e. The largest absolute Gasteiger partial charge is 0.356 e. The van der Waals surface area contributed by atoms with E-state index in [4.69, 9.17) is 4.98 Å². The van der Waals surface area contributed by atoms with Crippen molar-refractivity contribution in [3.8, 4) is 0 Å². The summed E-state index contributed by atoms with van der Waals surface area (Å²) in [6, 6.07) is 3.97. The van der Waals surface area contributed by atoms with Gasteiger partial charge in [0.2, 0.25) is 11.8 Å². The summed E-state index contributed by atoms with van der Waals surface area (Å²) in [7, 11) is 0. The zero-order valence-electron chi connectivity index (χ0n) is 18.3. The normalized spacial score (nSPS) is 18.7. The molecule has 166 valence electrons. The summed E-state index contributed by atoms with van der Waals surface area (Å²) in [5, 5.41) is 4.15. The number of pyridine rings is 1. The number of hydrogen-bond acceptors (Lipinski definition) is 6. The monoisotopic (exact) mass is 441 g/mol. The quantitative estimate of drug-likeness (QED) is 0.744. The molecule has 0 radical (unpaired) electrons. The minimum Gasteiger partial charge on any atom is -0.356 e. The highest BCUT2D eigenvalue weighted by molar-refractivity contribution is 7.15. The van der Waals surface area contributed by atoms with Gasteiger partial charge in [0.15, 0.2) is 5.13 Å². The van der Waals surface area contributed by atoms with E-state index in [1.165, 1.54) is 10.4 Å². The van der Waals surface area contributed by atoms with E-state index in [2.05, 4.69) is 15.2 Å². The second-order valence-electron chi connectivity index (χ2n) is 8.67. The Hall–Kier alpha value is -2.48. The standard InChI is InChI=1S/C23H31N5O2S/c1-16(2)22(30)27-11-13-28(14-12-27)23-26-19-4-3-18(15-20(19)31-23)21(29)25-10-7-17-5-8-24-9-6-17/h5-6,8-9,16,18H,3-4,7,10-15H2,1-2H3,(H,25,29)/t18-/m0/s1. The number of hydrogen-bond donors (Lipinski definition) is 1. The van der Waals surface area contributed by atoms with Crippen LogP contribution in [0.3, 0.4) is 0 Å². The average Bonchev–Trinajstić information content (AvgIpc) is 3.22. The number of aromatic nitrogens is 2. The molecular weight excluding hydrogens is 410 g/mol. The average molecular weight is 442 g/mol. The molecule has 1 aliphatic carbocycles. The zero-order valence-corrected chi connectivity index (χ0v) is 19.2. The van der Waals surface area contributed by atoms with E-state index in [0.717, 1.165) is 62.7 Å². The summed E-state index contributed by atoms with van der Waals surface area (Å²) < 4.78 is 0. The van der Waals surface area contributed by atoms with Gasteiger partial charge in [0.05, 0.1) is 5.69 Å². The van der Waals surface area contributed by atoms with Crippen molar-refractivity contribution in [1.29, 1.82) is 0 Å². The van der Waals surface area contributed by atoms with Crippen LogP contribution in [-0.4, -0.2) is 59.4 Å². The summed E-state index contributed by atoms with van der Waals surface area (Å²) in [6.45, 7) is 7.71. The molecule has 4 rings (SSSR count). The third-order valence-corrected chi connectivity index (χ3v) is 7.30.